The van der Waals surface area contributed by atoms with Crippen LogP contribution in [0.15, 0.2) is 0 Å². The average Bonchev–Trinajstić information content (AvgIpc) is 2.48. The third-order valence-electron chi connectivity index (χ3n) is 3.77. The Morgan fingerprint density at radius 3 is 2.60 bits per heavy atom. The largest absolute Gasteiger partial charge is 0.459 e. The molecular formula is C15H29FN2O2. The van der Waals surface area contributed by atoms with Gasteiger partial charge in [-0.15, -0.1) is 0 Å². The number of hydrogen-bond donors (Lipinski definition) is 1. The topological polar surface area (TPSA) is 41.6 Å². The Morgan fingerprint density at radius 2 is 2.05 bits per heavy atom. The van der Waals surface area contributed by atoms with E-state index in [0.29, 0.717) is 6.42 Å². The molecule has 1 rings (SSSR count). The predicted octanol–water partition coefficient (Wildman–Crippen LogP) is 2.13. The zero-order valence-corrected chi connectivity index (χ0v) is 13.4. The molecule has 0 aromatic carbocycles. The maximum atomic E-state index is 13.9. The van der Waals surface area contributed by atoms with Gasteiger partial charge in [0, 0.05) is 12.1 Å². The number of nitrogens with zero attached hydrogens (tertiary/aromatic N) is 1. The van der Waals surface area contributed by atoms with Crippen molar-refractivity contribution in [2.75, 3.05) is 20.6 Å². The van der Waals surface area contributed by atoms with E-state index in [9.17, 15) is 9.18 Å². The molecule has 0 aromatic heterocycles. The second-order valence-electron chi connectivity index (χ2n) is 6.73. The molecule has 0 bridgehead atoms. The summed E-state index contributed by atoms with van der Waals surface area (Å²) in [5.74, 6) is -0.220. The van der Waals surface area contributed by atoms with E-state index in [0.717, 1.165) is 19.3 Å². The van der Waals surface area contributed by atoms with Gasteiger partial charge in [-0.2, -0.15) is 0 Å². The number of esters is 1. The summed E-state index contributed by atoms with van der Waals surface area (Å²) in [5.41, 5.74) is -0.459. The minimum absolute atomic E-state index is 0.122. The van der Waals surface area contributed by atoms with Gasteiger partial charge in [-0.05, 0) is 60.5 Å². The van der Waals surface area contributed by atoms with Crippen molar-refractivity contribution in [2.45, 2.75) is 70.3 Å². The predicted molar refractivity (Wildman–Crippen MR) is 78.5 cm³/mol. The first-order valence-electron chi connectivity index (χ1n) is 7.46. The summed E-state index contributed by atoms with van der Waals surface area (Å²) in [6.45, 7) is 5.85. The van der Waals surface area contributed by atoms with E-state index in [1.54, 1.807) is 7.05 Å². The maximum absolute atomic E-state index is 13.9. The number of alkyl halides is 1. The Kier molecular flexibility index (Phi) is 6.40. The van der Waals surface area contributed by atoms with Gasteiger partial charge in [0.25, 0.3) is 0 Å². The van der Waals surface area contributed by atoms with E-state index in [1.165, 1.54) is 0 Å². The van der Waals surface area contributed by atoms with Crippen molar-refractivity contribution in [1.29, 1.82) is 0 Å². The number of halogens is 1. The van der Waals surface area contributed by atoms with Crippen LogP contribution in [0.2, 0.25) is 0 Å². The minimum Gasteiger partial charge on any atom is -0.459 e. The van der Waals surface area contributed by atoms with Crippen LogP contribution >= 0.6 is 0 Å². The van der Waals surface area contributed by atoms with Gasteiger partial charge >= 0.3 is 5.97 Å². The Bertz CT molecular complexity index is 317. The summed E-state index contributed by atoms with van der Waals surface area (Å²) in [4.78, 5) is 13.9. The molecule has 0 aromatic rings. The fourth-order valence-electron chi connectivity index (χ4n) is 2.71. The van der Waals surface area contributed by atoms with E-state index in [1.807, 2.05) is 32.7 Å². The van der Waals surface area contributed by atoms with E-state index in [4.69, 9.17) is 4.74 Å². The number of carbonyl (C=O) groups excluding carboxylic acids is 1. The van der Waals surface area contributed by atoms with Gasteiger partial charge in [0.2, 0.25) is 0 Å². The van der Waals surface area contributed by atoms with Crippen molar-refractivity contribution >= 4 is 5.97 Å². The van der Waals surface area contributed by atoms with Crippen molar-refractivity contribution in [3.63, 3.8) is 0 Å². The van der Waals surface area contributed by atoms with Gasteiger partial charge in [-0.1, -0.05) is 0 Å². The van der Waals surface area contributed by atoms with Gasteiger partial charge in [-0.3, -0.25) is 9.69 Å². The number of rotatable bonds is 4. The van der Waals surface area contributed by atoms with Crippen LogP contribution in [0.5, 0.6) is 0 Å². The van der Waals surface area contributed by atoms with Crippen LogP contribution in [0.3, 0.4) is 0 Å². The molecule has 0 spiro atoms. The van der Waals surface area contributed by atoms with Gasteiger partial charge in [0.05, 0.1) is 6.54 Å². The van der Waals surface area contributed by atoms with Crippen LogP contribution in [0.1, 0.15) is 46.5 Å². The summed E-state index contributed by atoms with van der Waals surface area (Å²) in [7, 11) is 3.72. The lowest BCUT2D eigenvalue weighted by Gasteiger charge is -2.30. The SMILES string of the molecule is CN[C@H]1CC(N(C)CC(=O)OC(C)(C)C)CCCC1F. The highest BCUT2D eigenvalue weighted by atomic mass is 19.1. The summed E-state index contributed by atoms with van der Waals surface area (Å²) < 4.78 is 19.2. The third kappa shape index (κ3) is 5.75. The molecule has 5 heteroatoms. The van der Waals surface area contributed by atoms with E-state index >= 15 is 0 Å². The van der Waals surface area contributed by atoms with Crippen molar-refractivity contribution in [2.24, 2.45) is 0 Å². The van der Waals surface area contributed by atoms with Crippen LogP contribution in [0.4, 0.5) is 4.39 Å². The number of nitrogens with one attached hydrogen (secondary N) is 1. The molecule has 0 aliphatic heterocycles. The maximum Gasteiger partial charge on any atom is 0.320 e. The molecule has 1 N–H and O–H groups in total. The summed E-state index contributed by atoms with van der Waals surface area (Å²) >= 11 is 0. The zero-order chi connectivity index (χ0) is 15.3. The van der Waals surface area contributed by atoms with Crippen LogP contribution in [-0.2, 0) is 9.53 Å². The van der Waals surface area contributed by atoms with E-state index < -0.39 is 11.8 Å². The first-order chi connectivity index (χ1) is 9.23. The fourth-order valence-corrected chi connectivity index (χ4v) is 2.71. The number of carbonyl (C=O) groups is 1. The van der Waals surface area contributed by atoms with Crippen LogP contribution in [0.25, 0.3) is 0 Å². The van der Waals surface area contributed by atoms with Crippen molar-refractivity contribution in [1.82, 2.24) is 10.2 Å². The molecule has 1 saturated carbocycles. The highest BCUT2D eigenvalue weighted by molar-refractivity contribution is 5.72. The molecule has 0 amide bonds. The van der Waals surface area contributed by atoms with Gasteiger partial charge in [0.1, 0.15) is 11.8 Å². The highest BCUT2D eigenvalue weighted by Gasteiger charge is 2.30. The van der Waals surface area contributed by atoms with Crippen molar-refractivity contribution in [3.05, 3.63) is 0 Å². The van der Waals surface area contributed by atoms with E-state index in [-0.39, 0.29) is 24.6 Å². The summed E-state index contributed by atoms with van der Waals surface area (Å²) in [6, 6.07) is 0.101. The smallest absolute Gasteiger partial charge is 0.320 e. The standard InChI is InChI=1S/C15H29FN2O2/c1-15(2,3)20-14(19)10-18(5)11-7-6-8-12(16)13(9-11)17-4/h11-13,17H,6-10H2,1-5H3/t11?,12?,13-/m0/s1. The fraction of sp³-hybridized carbons (Fsp3) is 0.933. The number of ether oxygens (including phenoxy) is 1. The van der Waals surface area contributed by atoms with Crippen LogP contribution < -0.4 is 5.32 Å². The first-order valence-corrected chi connectivity index (χ1v) is 7.46. The lowest BCUT2D eigenvalue weighted by atomic mass is 10.0. The molecule has 4 nitrogen and oxygen atoms in total. The second kappa shape index (κ2) is 7.36. The molecule has 0 saturated heterocycles. The molecule has 1 fully saturated rings. The molecule has 3 atom stereocenters. The minimum atomic E-state index is -0.792. The molecular weight excluding hydrogens is 259 g/mol. The van der Waals surface area contributed by atoms with Gasteiger partial charge in [0.15, 0.2) is 0 Å². The first kappa shape index (κ1) is 17.4. The quantitative estimate of drug-likeness (QED) is 0.635. The molecule has 1 aliphatic rings. The van der Waals surface area contributed by atoms with Gasteiger partial charge < -0.3 is 10.1 Å². The van der Waals surface area contributed by atoms with Crippen LogP contribution in [-0.4, -0.2) is 55.4 Å². The lowest BCUT2D eigenvalue weighted by Crippen LogP contribution is -2.43. The van der Waals surface area contributed by atoms with Crippen molar-refractivity contribution in [3.8, 4) is 0 Å². The Morgan fingerprint density at radius 1 is 1.40 bits per heavy atom. The Balaban J connectivity index is 2.53. The highest BCUT2D eigenvalue weighted by Crippen LogP contribution is 2.24. The molecule has 118 valence electrons. The monoisotopic (exact) mass is 288 g/mol. The molecule has 20 heavy (non-hydrogen) atoms. The summed E-state index contributed by atoms with van der Waals surface area (Å²) in [6.07, 6.45) is 2.33. The Labute approximate surface area is 122 Å². The van der Waals surface area contributed by atoms with Crippen LogP contribution in [0, 0.1) is 0 Å². The average molecular weight is 288 g/mol. The Hall–Kier alpha value is -0.680. The zero-order valence-electron chi connectivity index (χ0n) is 13.4. The molecule has 1 aliphatic carbocycles. The second-order valence-corrected chi connectivity index (χ2v) is 6.73. The van der Waals surface area contributed by atoms with E-state index in [2.05, 4.69) is 5.32 Å². The lowest BCUT2D eigenvalue weighted by molar-refractivity contribution is -0.156. The normalized spacial score (nSPS) is 28.2. The number of likely N-dealkylation sites (N-methyl/N-ethyl adjacent to an activating group) is 1. The molecule has 2 unspecified atom stereocenters. The summed E-state index contributed by atoms with van der Waals surface area (Å²) in [5, 5.41) is 3.05. The molecule has 0 heterocycles. The number of hydrogen-bond acceptors (Lipinski definition) is 4. The van der Waals surface area contributed by atoms with Gasteiger partial charge in [-0.25, -0.2) is 4.39 Å². The third-order valence-corrected chi connectivity index (χ3v) is 3.77. The molecule has 0 radical (unpaired) electrons. The van der Waals surface area contributed by atoms with Crippen molar-refractivity contribution < 1.29 is 13.9 Å².